The van der Waals surface area contributed by atoms with E-state index < -0.39 is 19.4 Å². The zero-order valence-corrected chi connectivity index (χ0v) is 7.56. The molecule has 0 atom stereocenters. The van der Waals surface area contributed by atoms with Gasteiger partial charge in [-0.25, -0.2) is 0 Å². The second kappa shape index (κ2) is 2.19. The number of halogens is 5. The Balaban J connectivity index is 2.48. The van der Waals surface area contributed by atoms with E-state index in [1.165, 1.54) is 0 Å². The van der Waals surface area contributed by atoms with Crippen LogP contribution in [-0.2, 0) is 14.6 Å². The molecule has 0 amide bonds. The first-order chi connectivity index (χ1) is 5.29. The van der Waals surface area contributed by atoms with Crippen LogP contribution in [0.2, 0.25) is 0 Å². The standard InChI is InChI=1S/C3F5O3.Cf/c4-2(5,6)10-1-11-3(7,8)9;/q-1;+1. The van der Waals surface area contributed by atoms with Crippen molar-refractivity contribution in [1.29, 1.82) is 0 Å². The first-order valence-corrected chi connectivity index (χ1v) is 4.64. The van der Waals surface area contributed by atoms with E-state index in [2.05, 4.69) is 14.6 Å². The Morgan fingerprint density at radius 3 is 2.25 bits per heavy atom. The molecule has 3 nitrogen and oxygen atoms in total. The summed E-state index contributed by atoms with van der Waals surface area (Å²) in [4.78, 5) is 0. The minimum atomic E-state index is -5.01. The van der Waals surface area contributed by atoms with E-state index in [-0.39, 0.29) is 0 Å². The molecule has 1 rings (SSSR count). The second-order valence-corrected chi connectivity index (χ2v) is 3.60. The van der Waals surface area contributed by atoms with Crippen molar-refractivity contribution in [3.63, 3.8) is 0 Å². The first-order valence-electron chi connectivity index (χ1n) is 2.25. The van der Waals surface area contributed by atoms with Crippen LogP contribution in [0.15, 0.2) is 0 Å². The van der Waals surface area contributed by atoms with Crippen LogP contribution in [0.4, 0.5) is 22.0 Å². The maximum absolute atomic E-state index is 11.9. The monoisotopic (exact) mass is 428 g/mol. The fourth-order valence-electron chi connectivity index (χ4n) is 0.294. The Hall–Kier alpha value is -1.60. The quantitative estimate of drug-likeness (QED) is 0.586. The molecule has 9 heteroatoms. The van der Waals surface area contributed by atoms with Gasteiger partial charge >= 0.3 is 56.0 Å². The third kappa shape index (κ3) is 2.22. The zero-order valence-electron chi connectivity index (χ0n) is 4.93. The molecular formula is C3CfF5O3. The Morgan fingerprint density at radius 1 is 1.33 bits per heavy atom. The van der Waals surface area contributed by atoms with Gasteiger partial charge in [-0.1, -0.05) is 0 Å². The van der Waals surface area contributed by atoms with Crippen LogP contribution in [0.5, 0.6) is 0 Å². The zero-order chi connectivity index (χ0) is 9.41. The van der Waals surface area contributed by atoms with Crippen molar-refractivity contribution in [3.8, 4) is 0 Å². The van der Waals surface area contributed by atoms with E-state index in [0.717, 1.165) is 0 Å². The topological polar surface area (TPSA) is 27.7 Å². The van der Waals surface area contributed by atoms with Crippen molar-refractivity contribution in [3.05, 3.63) is 0 Å². The van der Waals surface area contributed by atoms with Gasteiger partial charge in [0.05, 0.1) is 0 Å². The van der Waals surface area contributed by atoms with E-state index >= 15 is 0 Å². The molecular weight excluding hydrogens is 430 g/mol. The molecule has 0 aromatic heterocycles. The molecule has 1 heterocycles. The average Bonchev–Trinajstić information content (AvgIpc) is 2.05. The summed E-state index contributed by atoms with van der Waals surface area (Å²) in [6, 6.07) is 0. The van der Waals surface area contributed by atoms with Crippen LogP contribution in [0, 0.1) is 0 Å². The van der Waals surface area contributed by atoms with Gasteiger partial charge in [-0.15, -0.1) is 0 Å². The molecule has 0 aliphatic carbocycles. The summed E-state index contributed by atoms with van der Waals surface area (Å²) < 4.78 is 62.1. The summed E-state index contributed by atoms with van der Waals surface area (Å²) in [5.41, 5.74) is 0. The van der Waals surface area contributed by atoms with Crippen molar-refractivity contribution in [1.82, 2.24) is 0 Å². The van der Waals surface area contributed by atoms with Gasteiger partial charge in [-0.3, -0.25) is 0 Å². The van der Waals surface area contributed by atoms with Crippen LogP contribution in [0.3, 0.4) is 0 Å². The van der Waals surface area contributed by atoms with E-state index in [1.807, 2.05) is 0 Å². The SMILES string of the molecule is FC(F)(F)O[C]1=[Cf][O]C(F)(F)O1. The first kappa shape index (κ1) is 8.50. The van der Waals surface area contributed by atoms with Gasteiger partial charge < -0.3 is 0 Å². The molecule has 0 saturated carbocycles. The van der Waals surface area contributed by atoms with E-state index in [9.17, 15) is 22.0 Å². The van der Waals surface area contributed by atoms with Gasteiger partial charge in [-0.2, -0.15) is 0 Å². The summed E-state index contributed by atoms with van der Waals surface area (Å²) in [6.07, 6.45) is -8.97. The van der Waals surface area contributed by atoms with E-state index in [0.29, 0.717) is 0 Å². The molecule has 0 N–H and O–H groups in total. The maximum atomic E-state index is 11.9. The molecule has 0 bridgehead atoms. The van der Waals surface area contributed by atoms with Gasteiger partial charge in [0.2, 0.25) is 0 Å². The van der Waals surface area contributed by atoms with Gasteiger partial charge in [-0.05, 0) is 0 Å². The fourth-order valence-corrected chi connectivity index (χ4v) is 1.77. The Bertz CT molecular complexity index is 210. The summed E-state index contributed by atoms with van der Waals surface area (Å²) in [5, 5.41) is 3.63. The molecule has 0 radical (unpaired) electrons. The van der Waals surface area contributed by atoms with Gasteiger partial charge in [0.25, 0.3) is 0 Å². The number of alkyl halides is 5. The van der Waals surface area contributed by atoms with Crippen LogP contribution < -0.4 is 0 Å². The normalized spacial score (nSPS) is 21.9. The third-order valence-corrected chi connectivity index (χ3v) is 2.41. The van der Waals surface area contributed by atoms with Gasteiger partial charge in [0, 0.05) is 0 Å². The van der Waals surface area contributed by atoms with Crippen molar-refractivity contribution >= 4 is 6.79 Å². The summed E-state index contributed by atoms with van der Waals surface area (Å²) in [5.74, 6) is 0. The molecule has 1 aliphatic rings. The van der Waals surface area contributed by atoms with Gasteiger partial charge in [0.1, 0.15) is 0 Å². The van der Waals surface area contributed by atoms with Gasteiger partial charge in [0.15, 0.2) is 0 Å². The average molecular weight is 430 g/mol. The number of ether oxygens (including phenoxy) is 2. The van der Waals surface area contributed by atoms with E-state index in [4.69, 9.17) is 0 Å². The Labute approximate surface area is 57.3 Å². The van der Waals surface area contributed by atoms with E-state index in [1.54, 1.807) is 0 Å². The molecule has 12 heavy (non-hydrogen) atoms. The minimum absolute atomic E-state index is 1.15. The fraction of sp³-hybridized carbons (Fsp3) is 0.667. The molecule has 0 unspecified atom stereocenters. The molecule has 0 saturated heterocycles. The number of rotatable bonds is 1. The Morgan fingerprint density at radius 2 is 1.92 bits per heavy atom. The van der Waals surface area contributed by atoms with Crippen molar-refractivity contribution in [2.24, 2.45) is 0 Å². The van der Waals surface area contributed by atoms with Crippen LogP contribution in [-0.4, -0.2) is 19.4 Å². The van der Waals surface area contributed by atoms with Crippen LogP contribution in [0.25, 0.3) is 0 Å². The van der Waals surface area contributed by atoms with Crippen molar-refractivity contribution in [2.75, 3.05) is 0 Å². The van der Waals surface area contributed by atoms with Crippen molar-refractivity contribution in [2.45, 2.75) is 12.7 Å². The molecule has 0 spiro atoms. The molecule has 0 aromatic rings. The molecule has 0 aromatic carbocycles. The number of hydrogen-bond donors (Lipinski definition) is 0. The molecule has 0 fully saturated rings. The van der Waals surface area contributed by atoms with Crippen LogP contribution in [0.1, 0.15) is 0 Å². The third-order valence-electron chi connectivity index (χ3n) is 0.543. The molecule has 75 valence electrons. The van der Waals surface area contributed by atoms with Crippen LogP contribution >= 0.6 is 0 Å². The number of hydrogen-bond acceptors (Lipinski definition) is 3. The molecule has 1 aliphatic heterocycles. The summed E-state index contributed by atoms with van der Waals surface area (Å²) in [7, 11) is 0. The van der Waals surface area contributed by atoms with Crippen molar-refractivity contribution < 1.29 is 36.5 Å². The Kier molecular flexibility index (Phi) is 1.55. The predicted molar refractivity (Wildman–Crippen MR) is 19.3 cm³/mol. The second-order valence-electron chi connectivity index (χ2n) is 1.45. The summed E-state index contributed by atoms with van der Waals surface area (Å²) >= 11 is 0. The summed E-state index contributed by atoms with van der Waals surface area (Å²) in [6.45, 7) is -1.15. The predicted octanol–water partition coefficient (Wildman–Crippen LogP) is 1.21.